The average molecular weight is 93.1 g/mol. The minimum Gasteiger partial charge on any atom is -0.0622 e. The summed E-state index contributed by atoms with van der Waals surface area (Å²) in [5.74, 6) is 0. The van der Waals surface area contributed by atoms with Crippen molar-refractivity contribution in [2.75, 3.05) is 0 Å². The first-order valence-electron chi connectivity index (χ1n) is 2.82. The Bertz CT molecular complexity index is 164. The van der Waals surface area contributed by atoms with Gasteiger partial charge in [-0.2, -0.15) is 0 Å². The van der Waals surface area contributed by atoms with Crippen molar-refractivity contribution in [1.29, 1.82) is 0 Å². The van der Waals surface area contributed by atoms with Crippen molar-refractivity contribution in [2.45, 2.75) is 6.92 Å². The summed E-state index contributed by atoms with van der Waals surface area (Å²) in [5.41, 5.74) is 1.15. The molecule has 0 bridgehead atoms. The molecule has 0 saturated carbocycles. The van der Waals surface area contributed by atoms with E-state index >= 15 is 0 Å². The molecule has 0 heteroatoms. The van der Waals surface area contributed by atoms with E-state index in [2.05, 4.69) is 0 Å². The van der Waals surface area contributed by atoms with Gasteiger partial charge in [-0.05, 0) is 6.92 Å². The summed E-state index contributed by atoms with van der Waals surface area (Å²) in [5, 5.41) is 0. The van der Waals surface area contributed by atoms with Gasteiger partial charge >= 0.3 is 0 Å². The van der Waals surface area contributed by atoms with E-state index in [4.69, 9.17) is 1.37 Å². The highest BCUT2D eigenvalue weighted by molar-refractivity contribution is 5.11. The van der Waals surface area contributed by atoms with Gasteiger partial charge in [-0.3, -0.25) is 0 Å². The average Bonchev–Trinajstić information content (AvgIpc) is 1.64. The Morgan fingerprint density at radius 3 is 2.71 bits per heavy atom. The maximum Gasteiger partial charge on any atom is 0.0623 e. The van der Waals surface area contributed by atoms with Crippen molar-refractivity contribution in [2.24, 2.45) is 0 Å². The standard InChI is InChI=1S/C7H8/c1-7-5-3-2-4-6-7/h2-6H,1H3/i3D. The van der Waals surface area contributed by atoms with Crippen LogP contribution in [0, 0.1) is 6.92 Å². The first kappa shape index (κ1) is 3.25. The van der Waals surface area contributed by atoms with Crippen LogP contribution in [0.25, 0.3) is 0 Å². The van der Waals surface area contributed by atoms with Crippen molar-refractivity contribution in [3.8, 4) is 0 Å². The van der Waals surface area contributed by atoms with E-state index in [1.54, 1.807) is 6.07 Å². The van der Waals surface area contributed by atoms with Crippen LogP contribution in [0.1, 0.15) is 6.93 Å². The Kier molecular flexibility index (Phi) is 0.828. The molecule has 36 valence electrons. The summed E-state index contributed by atoms with van der Waals surface area (Å²) in [6.07, 6.45) is 0. The Morgan fingerprint density at radius 2 is 2.29 bits per heavy atom. The van der Waals surface area contributed by atoms with Gasteiger partial charge in [-0.15, -0.1) is 0 Å². The van der Waals surface area contributed by atoms with E-state index in [1.165, 1.54) is 0 Å². The predicted molar refractivity (Wildman–Crippen MR) is 31.2 cm³/mol. The number of hydrogen-bond acceptors (Lipinski definition) is 0. The van der Waals surface area contributed by atoms with Crippen LogP contribution in [0.15, 0.2) is 30.3 Å². The van der Waals surface area contributed by atoms with E-state index in [1.807, 2.05) is 25.1 Å². The van der Waals surface area contributed by atoms with E-state index in [0.29, 0.717) is 6.04 Å². The predicted octanol–water partition coefficient (Wildman–Crippen LogP) is 2.00. The second-order valence-electron chi connectivity index (χ2n) is 1.58. The Labute approximate surface area is 45.2 Å². The molecule has 1 rings (SSSR count). The lowest BCUT2D eigenvalue weighted by Crippen LogP contribution is -1.62. The lowest BCUT2D eigenvalue weighted by atomic mass is 10.2. The number of rotatable bonds is 0. The molecular formula is C7H8. The Hall–Kier alpha value is -0.780. The maximum atomic E-state index is 7.14. The minimum atomic E-state index is 0.588. The molecule has 0 nitrogen and oxygen atoms in total. The molecule has 0 heterocycles. The molecule has 0 aliphatic rings. The zero-order chi connectivity index (χ0) is 5.98. The normalized spacial score (nSPS) is 10.7. The molecule has 0 aliphatic heterocycles. The molecule has 0 fully saturated rings. The van der Waals surface area contributed by atoms with Crippen molar-refractivity contribution < 1.29 is 1.37 Å². The second-order valence-corrected chi connectivity index (χ2v) is 1.58. The summed E-state index contributed by atoms with van der Waals surface area (Å²) < 4.78 is 7.14. The van der Waals surface area contributed by atoms with Crippen molar-refractivity contribution >= 4 is 0 Å². The molecule has 0 unspecified atom stereocenters. The van der Waals surface area contributed by atoms with Crippen LogP contribution in [0.4, 0.5) is 0 Å². The van der Waals surface area contributed by atoms with Gasteiger partial charge in [0.25, 0.3) is 0 Å². The van der Waals surface area contributed by atoms with Crippen LogP contribution in [0.3, 0.4) is 0 Å². The molecule has 1 aromatic rings. The Balaban J connectivity index is 3.08. The van der Waals surface area contributed by atoms with Crippen molar-refractivity contribution in [1.82, 2.24) is 0 Å². The van der Waals surface area contributed by atoms with Gasteiger partial charge in [0.05, 0.1) is 1.37 Å². The fraction of sp³-hybridized carbons (Fsp3) is 0.143. The first-order valence-corrected chi connectivity index (χ1v) is 2.32. The van der Waals surface area contributed by atoms with Gasteiger partial charge in [0.15, 0.2) is 0 Å². The zero-order valence-corrected chi connectivity index (χ0v) is 4.31. The van der Waals surface area contributed by atoms with Gasteiger partial charge in [0.1, 0.15) is 0 Å². The largest absolute Gasteiger partial charge is 0.0623 e. The van der Waals surface area contributed by atoms with Crippen LogP contribution >= 0.6 is 0 Å². The van der Waals surface area contributed by atoms with Gasteiger partial charge in [-0.1, -0.05) is 35.9 Å². The molecule has 0 spiro atoms. The summed E-state index contributed by atoms with van der Waals surface area (Å²) >= 11 is 0. The third-order valence-electron chi connectivity index (χ3n) is 0.863. The SMILES string of the molecule is [2H]c1cccc(C)c1. The quantitative estimate of drug-likeness (QED) is 0.460. The molecule has 0 aliphatic carbocycles. The molecule has 0 atom stereocenters. The highest BCUT2D eigenvalue weighted by Crippen LogP contribution is 1.92. The van der Waals surface area contributed by atoms with Crippen molar-refractivity contribution in [3.05, 3.63) is 35.9 Å². The second kappa shape index (κ2) is 1.78. The van der Waals surface area contributed by atoms with Crippen LogP contribution in [-0.4, -0.2) is 0 Å². The molecule has 0 N–H and O–H groups in total. The third-order valence-corrected chi connectivity index (χ3v) is 0.863. The van der Waals surface area contributed by atoms with Gasteiger partial charge in [0.2, 0.25) is 0 Å². The summed E-state index contributed by atoms with van der Waals surface area (Å²) in [6.45, 7) is 1.98. The monoisotopic (exact) mass is 93.1 g/mol. The lowest BCUT2D eigenvalue weighted by Gasteiger charge is -1.82. The van der Waals surface area contributed by atoms with Crippen LogP contribution in [-0.2, 0) is 0 Å². The molecule has 0 amide bonds. The third kappa shape index (κ3) is 1.04. The fourth-order valence-electron chi connectivity index (χ4n) is 0.483. The summed E-state index contributed by atoms with van der Waals surface area (Å²) in [7, 11) is 0. The van der Waals surface area contributed by atoms with E-state index in [-0.39, 0.29) is 0 Å². The van der Waals surface area contributed by atoms with Crippen LogP contribution in [0.5, 0.6) is 0 Å². The topological polar surface area (TPSA) is 0 Å². The Morgan fingerprint density at radius 1 is 1.43 bits per heavy atom. The smallest absolute Gasteiger partial charge is 0.0622 e. The molecule has 0 saturated heterocycles. The van der Waals surface area contributed by atoms with Gasteiger partial charge < -0.3 is 0 Å². The summed E-state index contributed by atoms with van der Waals surface area (Å²) in [6, 6.07) is 8.06. The van der Waals surface area contributed by atoms with E-state index in [0.717, 1.165) is 5.56 Å². The highest BCUT2D eigenvalue weighted by atomic mass is 13.8. The highest BCUT2D eigenvalue weighted by Gasteiger charge is 1.72. The molecule has 0 aromatic heterocycles. The number of aryl methyl sites for hydroxylation is 1. The molecular weight excluding hydrogens is 84.1 g/mol. The lowest BCUT2D eigenvalue weighted by molar-refractivity contribution is 1.48. The number of hydrogen-bond donors (Lipinski definition) is 0. The zero-order valence-electron chi connectivity index (χ0n) is 5.31. The van der Waals surface area contributed by atoms with Crippen LogP contribution < -0.4 is 0 Å². The molecule has 0 radical (unpaired) electrons. The number of benzene rings is 1. The first-order chi connectivity index (χ1) is 3.79. The molecule has 7 heavy (non-hydrogen) atoms. The minimum absolute atomic E-state index is 0.588. The molecule has 1 aromatic carbocycles. The van der Waals surface area contributed by atoms with Crippen LogP contribution in [0.2, 0.25) is 0 Å². The fourth-order valence-corrected chi connectivity index (χ4v) is 0.483. The summed E-state index contributed by atoms with van der Waals surface area (Å²) in [4.78, 5) is 0. The maximum absolute atomic E-state index is 7.14. The van der Waals surface area contributed by atoms with Crippen molar-refractivity contribution in [3.63, 3.8) is 0 Å². The van der Waals surface area contributed by atoms with Gasteiger partial charge in [-0.25, -0.2) is 0 Å². The van der Waals surface area contributed by atoms with Gasteiger partial charge in [0, 0.05) is 0 Å². The van der Waals surface area contributed by atoms with E-state index < -0.39 is 0 Å². The van der Waals surface area contributed by atoms with E-state index in [9.17, 15) is 0 Å².